The summed E-state index contributed by atoms with van der Waals surface area (Å²) in [6, 6.07) is 11.0. The molecule has 4 heteroatoms. The summed E-state index contributed by atoms with van der Waals surface area (Å²) in [6.07, 6.45) is 6.10. The van der Waals surface area contributed by atoms with Crippen molar-refractivity contribution in [1.29, 1.82) is 0 Å². The molecule has 0 unspecified atom stereocenters. The molecule has 1 amide bonds. The summed E-state index contributed by atoms with van der Waals surface area (Å²) in [5.41, 5.74) is 1.47. The van der Waals surface area contributed by atoms with E-state index in [0.717, 1.165) is 38.9 Å². The zero-order valence-electron chi connectivity index (χ0n) is 13.8. The van der Waals surface area contributed by atoms with Crippen molar-refractivity contribution in [3.8, 4) is 0 Å². The molecule has 2 N–H and O–H groups in total. The highest BCUT2D eigenvalue weighted by molar-refractivity contribution is 5.64. The molecule has 1 aliphatic carbocycles. The van der Waals surface area contributed by atoms with Crippen molar-refractivity contribution >= 4 is 6.09 Å². The molecule has 2 fully saturated rings. The quantitative estimate of drug-likeness (QED) is 0.890. The van der Waals surface area contributed by atoms with Gasteiger partial charge in [-0.3, -0.25) is 0 Å². The van der Waals surface area contributed by atoms with Crippen LogP contribution in [-0.2, 0) is 0 Å². The molecule has 2 aliphatic rings. The van der Waals surface area contributed by atoms with Crippen molar-refractivity contribution < 1.29 is 9.90 Å². The van der Waals surface area contributed by atoms with Crippen LogP contribution in [0, 0.1) is 5.92 Å². The van der Waals surface area contributed by atoms with Gasteiger partial charge in [-0.2, -0.15) is 0 Å². The lowest BCUT2D eigenvalue weighted by atomic mass is 9.83. The summed E-state index contributed by atoms with van der Waals surface area (Å²) in [7, 11) is 0. The molecule has 1 heterocycles. The maximum absolute atomic E-state index is 11.0. The van der Waals surface area contributed by atoms with E-state index in [1.165, 1.54) is 24.8 Å². The second kappa shape index (κ2) is 7.82. The first kappa shape index (κ1) is 16.3. The molecule has 1 saturated heterocycles. The molecule has 3 rings (SSSR count). The molecule has 1 aromatic rings. The number of nitrogens with zero attached hydrogens (tertiary/aromatic N) is 1. The maximum Gasteiger partial charge on any atom is 0.404 e. The van der Waals surface area contributed by atoms with E-state index in [-0.39, 0.29) is 6.04 Å². The number of carbonyl (C=O) groups is 1. The van der Waals surface area contributed by atoms with Gasteiger partial charge in [0, 0.05) is 12.6 Å². The first-order chi connectivity index (χ1) is 11.2. The summed E-state index contributed by atoms with van der Waals surface area (Å²) in [5, 5.41) is 11.8. The van der Waals surface area contributed by atoms with E-state index in [9.17, 15) is 4.79 Å². The zero-order chi connectivity index (χ0) is 16.1. The minimum absolute atomic E-state index is 0.146. The smallest absolute Gasteiger partial charge is 0.404 e. The largest absolute Gasteiger partial charge is 0.465 e. The van der Waals surface area contributed by atoms with E-state index in [1.54, 1.807) is 0 Å². The molecule has 23 heavy (non-hydrogen) atoms. The van der Waals surface area contributed by atoms with Crippen LogP contribution < -0.4 is 5.32 Å². The number of piperidine rings is 1. The lowest BCUT2D eigenvalue weighted by Gasteiger charge is -2.38. The minimum atomic E-state index is -0.871. The zero-order valence-corrected chi connectivity index (χ0v) is 13.8. The topological polar surface area (TPSA) is 52.6 Å². The average molecular weight is 316 g/mol. The Labute approximate surface area is 138 Å². The van der Waals surface area contributed by atoms with E-state index < -0.39 is 6.09 Å². The SMILES string of the molecule is O=C(O)N[C@@H]1CCCC[C@H]1CN1CCC(c2ccccc2)CC1. The molecule has 1 aromatic carbocycles. The number of amides is 1. The Kier molecular flexibility index (Phi) is 5.55. The molecule has 0 spiro atoms. The second-order valence-corrected chi connectivity index (χ2v) is 7.09. The molecule has 0 radical (unpaired) electrons. The summed E-state index contributed by atoms with van der Waals surface area (Å²) >= 11 is 0. The van der Waals surface area contributed by atoms with Crippen molar-refractivity contribution in [1.82, 2.24) is 10.2 Å². The third kappa shape index (κ3) is 4.47. The number of hydrogen-bond acceptors (Lipinski definition) is 2. The van der Waals surface area contributed by atoms with Crippen LogP contribution in [0.3, 0.4) is 0 Å². The molecule has 126 valence electrons. The van der Waals surface area contributed by atoms with Crippen LogP contribution in [0.2, 0.25) is 0 Å². The van der Waals surface area contributed by atoms with E-state index >= 15 is 0 Å². The lowest BCUT2D eigenvalue weighted by Crippen LogP contribution is -2.47. The van der Waals surface area contributed by atoms with Crippen molar-refractivity contribution in [3.63, 3.8) is 0 Å². The summed E-state index contributed by atoms with van der Waals surface area (Å²) in [6.45, 7) is 3.32. The van der Waals surface area contributed by atoms with E-state index in [4.69, 9.17) is 5.11 Å². The van der Waals surface area contributed by atoms with Gasteiger partial charge in [-0.15, -0.1) is 0 Å². The average Bonchev–Trinajstić information content (AvgIpc) is 2.58. The van der Waals surface area contributed by atoms with Crippen LogP contribution in [0.1, 0.15) is 50.0 Å². The first-order valence-corrected chi connectivity index (χ1v) is 8.99. The first-order valence-electron chi connectivity index (χ1n) is 8.99. The van der Waals surface area contributed by atoms with Gasteiger partial charge in [0.05, 0.1) is 0 Å². The van der Waals surface area contributed by atoms with Gasteiger partial charge in [0.15, 0.2) is 0 Å². The fraction of sp³-hybridized carbons (Fsp3) is 0.632. The summed E-state index contributed by atoms with van der Waals surface area (Å²) in [4.78, 5) is 13.5. The van der Waals surface area contributed by atoms with Gasteiger partial charge < -0.3 is 15.3 Å². The molecule has 4 nitrogen and oxygen atoms in total. The van der Waals surface area contributed by atoms with Gasteiger partial charge in [-0.05, 0) is 56.2 Å². The third-order valence-electron chi connectivity index (χ3n) is 5.57. The Hall–Kier alpha value is -1.55. The van der Waals surface area contributed by atoms with E-state index in [0.29, 0.717) is 11.8 Å². The Morgan fingerprint density at radius 2 is 1.78 bits per heavy atom. The van der Waals surface area contributed by atoms with Gasteiger partial charge in [-0.1, -0.05) is 43.2 Å². The number of hydrogen-bond donors (Lipinski definition) is 2. The fourth-order valence-electron chi connectivity index (χ4n) is 4.28. The predicted octanol–water partition coefficient (Wildman–Crippen LogP) is 3.69. The van der Waals surface area contributed by atoms with Gasteiger partial charge in [-0.25, -0.2) is 4.79 Å². The predicted molar refractivity (Wildman–Crippen MR) is 91.8 cm³/mol. The number of benzene rings is 1. The Morgan fingerprint density at radius 3 is 2.48 bits per heavy atom. The lowest BCUT2D eigenvalue weighted by molar-refractivity contribution is 0.134. The van der Waals surface area contributed by atoms with Crippen LogP contribution in [-0.4, -0.2) is 41.8 Å². The Balaban J connectivity index is 1.50. The van der Waals surface area contributed by atoms with E-state index in [2.05, 4.69) is 40.5 Å². The summed E-state index contributed by atoms with van der Waals surface area (Å²) < 4.78 is 0. The standard InChI is InChI=1S/C19H28N2O2/c22-19(23)20-18-9-5-4-8-17(18)14-21-12-10-16(11-13-21)15-6-2-1-3-7-15/h1-3,6-7,16-18,20H,4-5,8-14H2,(H,22,23)/t17-,18+/m0/s1. The molecule has 1 aliphatic heterocycles. The number of nitrogens with one attached hydrogen (secondary N) is 1. The van der Waals surface area contributed by atoms with Crippen molar-refractivity contribution in [2.24, 2.45) is 5.92 Å². The third-order valence-corrected chi connectivity index (χ3v) is 5.57. The maximum atomic E-state index is 11.0. The number of likely N-dealkylation sites (tertiary alicyclic amines) is 1. The van der Waals surface area contributed by atoms with Crippen LogP contribution in [0.5, 0.6) is 0 Å². The van der Waals surface area contributed by atoms with Gasteiger partial charge in [0.2, 0.25) is 0 Å². The molecular weight excluding hydrogens is 288 g/mol. The Bertz CT molecular complexity index is 497. The van der Waals surface area contributed by atoms with Crippen LogP contribution in [0.15, 0.2) is 30.3 Å². The van der Waals surface area contributed by atoms with Crippen molar-refractivity contribution in [2.45, 2.75) is 50.5 Å². The molecule has 0 bridgehead atoms. The normalized spacial score (nSPS) is 26.8. The van der Waals surface area contributed by atoms with Gasteiger partial charge in [0.25, 0.3) is 0 Å². The number of carboxylic acid groups (broad SMARTS) is 1. The van der Waals surface area contributed by atoms with Crippen LogP contribution in [0.4, 0.5) is 4.79 Å². The van der Waals surface area contributed by atoms with Gasteiger partial charge in [0.1, 0.15) is 0 Å². The highest BCUT2D eigenvalue weighted by Gasteiger charge is 2.29. The molecule has 2 atom stereocenters. The summed E-state index contributed by atoms with van der Waals surface area (Å²) in [5.74, 6) is 1.17. The molecule has 0 aromatic heterocycles. The highest BCUT2D eigenvalue weighted by Crippen LogP contribution is 2.30. The monoisotopic (exact) mass is 316 g/mol. The second-order valence-electron chi connectivity index (χ2n) is 7.09. The van der Waals surface area contributed by atoms with E-state index in [1.807, 2.05) is 0 Å². The van der Waals surface area contributed by atoms with Crippen LogP contribution in [0.25, 0.3) is 0 Å². The van der Waals surface area contributed by atoms with Crippen LogP contribution >= 0.6 is 0 Å². The highest BCUT2D eigenvalue weighted by atomic mass is 16.4. The van der Waals surface area contributed by atoms with Crippen molar-refractivity contribution in [3.05, 3.63) is 35.9 Å². The van der Waals surface area contributed by atoms with Gasteiger partial charge >= 0.3 is 6.09 Å². The minimum Gasteiger partial charge on any atom is -0.465 e. The molecule has 1 saturated carbocycles. The fourth-order valence-corrected chi connectivity index (χ4v) is 4.28. The molecular formula is C19H28N2O2. The Morgan fingerprint density at radius 1 is 1.09 bits per heavy atom. The van der Waals surface area contributed by atoms with Crippen molar-refractivity contribution in [2.75, 3.05) is 19.6 Å². The number of rotatable bonds is 4.